The largest absolute Gasteiger partial charge is 0.417 e. The Labute approximate surface area is 143 Å². The van der Waals surface area contributed by atoms with Gasteiger partial charge in [0.25, 0.3) is 0 Å². The summed E-state index contributed by atoms with van der Waals surface area (Å²) < 4.78 is 41.5. The van der Waals surface area contributed by atoms with Gasteiger partial charge in [0.15, 0.2) is 0 Å². The molecule has 5 nitrogen and oxygen atoms in total. The van der Waals surface area contributed by atoms with E-state index in [-0.39, 0.29) is 17.6 Å². The third kappa shape index (κ3) is 3.45. The van der Waals surface area contributed by atoms with Gasteiger partial charge in [-0.25, -0.2) is 9.67 Å². The molecular weight excluding hydrogens is 331 g/mol. The molecule has 0 amide bonds. The van der Waals surface area contributed by atoms with Crippen LogP contribution < -0.4 is 4.90 Å². The second-order valence-electron chi connectivity index (χ2n) is 6.12. The molecule has 1 aromatic heterocycles. The minimum Gasteiger partial charge on any atom is -0.369 e. The first-order chi connectivity index (χ1) is 11.9. The van der Waals surface area contributed by atoms with Crippen molar-refractivity contribution in [3.05, 3.63) is 42.0 Å². The minimum absolute atomic E-state index is 0.133. The van der Waals surface area contributed by atoms with Crippen LogP contribution in [-0.2, 0) is 6.18 Å². The summed E-state index contributed by atoms with van der Waals surface area (Å²) in [6.45, 7) is 2.52. The molecule has 1 fully saturated rings. The van der Waals surface area contributed by atoms with Gasteiger partial charge in [0, 0.05) is 18.3 Å². The molecule has 1 aliphatic rings. The molecule has 0 bridgehead atoms. The quantitative estimate of drug-likeness (QED) is 0.843. The highest BCUT2D eigenvalue weighted by molar-refractivity contribution is 5.55. The van der Waals surface area contributed by atoms with E-state index in [0.717, 1.165) is 25.3 Å². The van der Waals surface area contributed by atoms with Crippen molar-refractivity contribution in [3.8, 4) is 6.07 Å². The Hall–Kier alpha value is -2.56. The molecular formula is C17H18F3N5. The van der Waals surface area contributed by atoms with Crippen molar-refractivity contribution in [2.45, 2.75) is 44.4 Å². The highest BCUT2D eigenvalue weighted by Gasteiger charge is 2.35. The number of benzene rings is 1. The lowest BCUT2D eigenvalue weighted by molar-refractivity contribution is -0.137. The van der Waals surface area contributed by atoms with Gasteiger partial charge in [-0.1, -0.05) is 0 Å². The summed E-state index contributed by atoms with van der Waals surface area (Å²) in [6.07, 6.45) is 1.21. The first kappa shape index (κ1) is 17.3. The third-order valence-corrected chi connectivity index (χ3v) is 4.73. The van der Waals surface area contributed by atoms with Gasteiger partial charge in [-0.2, -0.15) is 23.5 Å². The smallest absolute Gasteiger partial charge is 0.369 e. The molecule has 8 heteroatoms. The lowest BCUT2D eigenvalue weighted by Gasteiger charge is -2.31. The zero-order valence-electron chi connectivity index (χ0n) is 13.7. The van der Waals surface area contributed by atoms with Gasteiger partial charge in [-0.05, 0) is 44.4 Å². The number of hydrogen-bond donors (Lipinski definition) is 0. The summed E-state index contributed by atoms with van der Waals surface area (Å²) in [7, 11) is 0. The van der Waals surface area contributed by atoms with E-state index in [9.17, 15) is 13.2 Å². The topological polar surface area (TPSA) is 57.7 Å². The first-order valence-electron chi connectivity index (χ1n) is 8.16. The summed E-state index contributed by atoms with van der Waals surface area (Å²) in [5.41, 5.74) is -0.728. The molecule has 1 aromatic carbocycles. The Morgan fingerprint density at radius 2 is 2.16 bits per heavy atom. The maximum absolute atomic E-state index is 13.2. The average Bonchev–Trinajstić information content (AvgIpc) is 3.26. The van der Waals surface area contributed by atoms with E-state index in [1.54, 1.807) is 18.5 Å². The molecule has 0 N–H and O–H groups in total. The molecule has 132 valence electrons. The summed E-state index contributed by atoms with van der Waals surface area (Å²) >= 11 is 0. The second kappa shape index (κ2) is 6.75. The zero-order chi connectivity index (χ0) is 18.0. The van der Waals surface area contributed by atoms with Crippen LogP contribution in [0.15, 0.2) is 30.9 Å². The van der Waals surface area contributed by atoms with Gasteiger partial charge < -0.3 is 4.90 Å². The molecule has 1 heterocycles. The molecule has 0 aliphatic heterocycles. The molecule has 1 aliphatic carbocycles. The van der Waals surface area contributed by atoms with Crippen molar-refractivity contribution in [1.29, 1.82) is 5.26 Å². The molecule has 2 aromatic rings. The van der Waals surface area contributed by atoms with E-state index in [1.165, 1.54) is 12.4 Å². The standard InChI is InChI=1S/C17H18F3N5/c1-2-24(13-5-6-15(7-13)25-11-22-10-23-25)14-4-3-12(9-21)16(8-14)17(18,19)20/h3-4,8,10-11,13,15H,2,5-7H2,1H3. The van der Waals surface area contributed by atoms with Crippen LogP contribution in [-0.4, -0.2) is 27.4 Å². The number of aromatic nitrogens is 3. The van der Waals surface area contributed by atoms with Crippen molar-refractivity contribution in [2.24, 2.45) is 0 Å². The minimum atomic E-state index is -4.54. The SMILES string of the molecule is CCN(c1ccc(C#N)c(C(F)(F)F)c1)C1CCC(n2cncn2)C1. The van der Waals surface area contributed by atoms with E-state index < -0.39 is 11.7 Å². The molecule has 1 saturated carbocycles. The van der Waals surface area contributed by atoms with Crippen LogP contribution in [0.2, 0.25) is 0 Å². The number of alkyl halides is 3. The Balaban J connectivity index is 1.86. The van der Waals surface area contributed by atoms with Crippen molar-refractivity contribution in [2.75, 3.05) is 11.4 Å². The van der Waals surface area contributed by atoms with Crippen LogP contribution in [0.1, 0.15) is 43.4 Å². The number of halogens is 3. The maximum atomic E-state index is 13.2. The van der Waals surface area contributed by atoms with E-state index in [0.29, 0.717) is 12.2 Å². The van der Waals surface area contributed by atoms with Crippen LogP contribution in [0.5, 0.6) is 0 Å². The number of hydrogen-bond acceptors (Lipinski definition) is 4. The van der Waals surface area contributed by atoms with E-state index in [2.05, 4.69) is 10.1 Å². The summed E-state index contributed by atoms with van der Waals surface area (Å²) in [5.74, 6) is 0. The number of rotatable bonds is 4. The fraction of sp³-hybridized carbons (Fsp3) is 0.471. The maximum Gasteiger partial charge on any atom is 0.417 e. The van der Waals surface area contributed by atoms with Crippen LogP contribution in [0, 0.1) is 11.3 Å². The van der Waals surface area contributed by atoms with Gasteiger partial charge in [0.1, 0.15) is 12.7 Å². The molecule has 0 saturated heterocycles. The number of nitriles is 1. The van der Waals surface area contributed by atoms with Crippen LogP contribution in [0.3, 0.4) is 0 Å². The molecule has 3 rings (SSSR count). The summed E-state index contributed by atoms with van der Waals surface area (Å²) in [4.78, 5) is 5.93. The Morgan fingerprint density at radius 1 is 1.36 bits per heavy atom. The summed E-state index contributed by atoms with van der Waals surface area (Å²) in [5, 5.41) is 13.1. The van der Waals surface area contributed by atoms with Crippen LogP contribution in [0.25, 0.3) is 0 Å². The third-order valence-electron chi connectivity index (χ3n) is 4.73. The Kier molecular flexibility index (Phi) is 4.66. The van der Waals surface area contributed by atoms with Gasteiger partial charge in [0.05, 0.1) is 23.2 Å². The van der Waals surface area contributed by atoms with E-state index in [1.807, 2.05) is 16.5 Å². The molecule has 25 heavy (non-hydrogen) atoms. The lowest BCUT2D eigenvalue weighted by atomic mass is 10.1. The van der Waals surface area contributed by atoms with Crippen molar-refractivity contribution in [1.82, 2.24) is 14.8 Å². The van der Waals surface area contributed by atoms with Gasteiger partial charge >= 0.3 is 6.18 Å². The first-order valence-corrected chi connectivity index (χ1v) is 8.16. The van der Waals surface area contributed by atoms with Gasteiger partial charge in [-0.15, -0.1) is 0 Å². The van der Waals surface area contributed by atoms with Crippen LogP contribution >= 0.6 is 0 Å². The predicted molar refractivity (Wildman–Crippen MR) is 85.9 cm³/mol. The predicted octanol–water partition coefficient (Wildman–Crippen LogP) is 3.79. The van der Waals surface area contributed by atoms with Crippen molar-refractivity contribution >= 4 is 5.69 Å². The second-order valence-corrected chi connectivity index (χ2v) is 6.12. The average molecular weight is 349 g/mol. The van der Waals surface area contributed by atoms with E-state index in [4.69, 9.17) is 5.26 Å². The van der Waals surface area contributed by atoms with Gasteiger partial charge in [0.2, 0.25) is 0 Å². The Morgan fingerprint density at radius 3 is 2.76 bits per heavy atom. The fourth-order valence-corrected chi connectivity index (χ4v) is 3.56. The Bertz CT molecular complexity index is 764. The molecule has 2 unspecified atom stereocenters. The fourth-order valence-electron chi connectivity index (χ4n) is 3.56. The lowest BCUT2D eigenvalue weighted by Crippen LogP contribution is -2.33. The van der Waals surface area contributed by atoms with Crippen LogP contribution in [0.4, 0.5) is 18.9 Å². The van der Waals surface area contributed by atoms with E-state index >= 15 is 0 Å². The van der Waals surface area contributed by atoms with Crippen molar-refractivity contribution < 1.29 is 13.2 Å². The summed E-state index contributed by atoms with van der Waals surface area (Å²) in [6, 6.07) is 5.91. The highest BCUT2D eigenvalue weighted by atomic mass is 19.4. The monoisotopic (exact) mass is 349 g/mol. The van der Waals surface area contributed by atoms with Crippen molar-refractivity contribution in [3.63, 3.8) is 0 Å². The van der Waals surface area contributed by atoms with Gasteiger partial charge in [-0.3, -0.25) is 0 Å². The highest BCUT2D eigenvalue weighted by Crippen LogP contribution is 2.38. The normalized spacial score (nSPS) is 20.4. The molecule has 0 radical (unpaired) electrons. The molecule has 2 atom stereocenters. The zero-order valence-corrected chi connectivity index (χ0v) is 13.7. The number of anilines is 1. The number of nitrogens with zero attached hydrogens (tertiary/aromatic N) is 5. The molecule has 0 spiro atoms.